The van der Waals surface area contributed by atoms with Crippen LogP contribution >= 0.6 is 23.2 Å². The van der Waals surface area contributed by atoms with Gasteiger partial charge in [0, 0.05) is 12.1 Å². The summed E-state index contributed by atoms with van der Waals surface area (Å²) < 4.78 is 5.31. The number of amides is 1. The molecule has 1 fully saturated rings. The Hall–Kier alpha value is -1.66. The van der Waals surface area contributed by atoms with Crippen LogP contribution in [-0.2, 0) is 4.74 Å². The maximum atomic E-state index is 11.9. The van der Waals surface area contributed by atoms with E-state index in [0.29, 0.717) is 16.6 Å². The molecule has 156 valence electrons. The van der Waals surface area contributed by atoms with Crippen molar-refractivity contribution in [3.63, 3.8) is 0 Å². The van der Waals surface area contributed by atoms with Gasteiger partial charge in [0.2, 0.25) is 0 Å². The number of hydrogen-bond acceptors (Lipinski definition) is 4. The lowest BCUT2D eigenvalue weighted by molar-refractivity contribution is 0.0486. The third-order valence-corrected chi connectivity index (χ3v) is 5.66. The minimum absolute atomic E-state index is 0.0834. The van der Waals surface area contributed by atoms with E-state index in [1.165, 1.54) is 12.1 Å². The van der Waals surface area contributed by atoms with Gasteiger partial charge >= 0.3 is 12.1 Å². The molecule has 0 aromatic heterocycles. The number of alkyl carbamates (subject to hydrolysis) is 1. The van der Waals surface area contributed by atoms with Crippen molar-refractivity contribution in [2.24, 2.45) is 5.92 Å². The largest absolute Gasteiger partial charge is 0.478 e. The van der Waals surface area contributed by atoms with Gasteiger partial charge in [0.1, 0.15) is 5.60 Å². The van der Waals surface area contributed by atoms with Crippen molar-refractivity contribution in [1.29, 1.82) is 0 Å². The summed E-state index contributed by atoms with van der Waals surface area (Å²) in [5.74, 6) is -0.678. The Morgan fingerprint density at radius 2 is 1.79 bits per heavy atom. The van der Waals surface area contributed by atoms with E-state index in [1.54, 1.807) is 0 Å². The van der Waals surface area contributed by atoms with Crippen LogP contribution in [0.3, 0.4) is 0 Å². The molecule has 0 heterocycles. The van der Waals surface area contributed by atoms with E-state index in [-0.39, 0.29) is 28.8 Å². The average molecular weight is 431 g/mol. The first-order valence-electron chi connectivity index (χ1n) is 9.44. The Bertz CT molecular complexity index is 726. The molecule has 0 bridgehead atoms. The first-order chi connectivity index (χ1) is 13.0. The molecule has 0 radical (unpaired) electrons. The quantitative estimate of drug-likeness (QED) is 0.567. The van der Waals surface area contributed by atoms with Crippen LogP contribution in [-0.4, -0.2) is 34.9 Å². The fourth-order valence-corrected chi connectivity index (χ4v) is 3.80. The predicted octanol–water partition coefficient (Wildman–Crippen LogP) is 5.58. The molecule has 1 amide bonds. The van der Waals surface area contributed by atoms with E-state index < -0.39 is 11.6 Å². The molecular weight excluding hydrogens is 403 g/mol. The van der Waals surface area contributed by atoms with Gasteiger partial charge in [-0.05, 0) is 71.4 Å². The monoisotopic (exact) mass is 430 g/mol. The number of aromatic carboxylic acids is 1. The molecule has 8 heteroatoms. The van der Waals surface area contributed by atoms with E-state index >= 15 is 0 Å². The van der Waals surface area contributed by atoms with Crippen LogP contribution in [0.25, 0.3) is 0 Å². The van der Waals surface area contributed by atoms with Gasteiger partial charge < -0.3 is 20.5 Å². The predicted molar refractivity (Wildman–Crippen MR) is 112 cm³/mol. The molecule has 1 aliphatic carbocycles. The summed E-state index contributed by atoms with van der Waals surface area (Å²) in [6.07, 6.45) is 3.20. The lowest BCUT2D eigenvalue weighted by Crippen LogP contribution is -2.42. The summed E-state index contributed by atoms with van der Waals surface area (Å²) in [6, 6.07) is 3.03. The molecule has 0 aliphatic heterocycles. The van der Waals surface area contributed by atoms with Gasteiger partial charge in [0.15, 0.2) is 0 Å². The summed E-state index contributed by atoms with van der Waals surface area (Å²) in [6.45, 7) is 7.57. The number of nitrogens with one attached hydrogen (secondary N) is 2. The highest BCUT2D eigenvalue weighted by Crippen LogP contribution is 2.34. The highest BCUT2D eigenvalue weighted by molar-refractivity contribution is 6.44. The number of carbonyl (C=O) groups excluding carboxylic acids is 1. The number of halogens is 2. The summed E-state index contributed by atoms with van der Waals surface area (Å²) in [4.78, 5) is 23.2. The van der Waals surface area contributed by atoms with Crippen LogP contribution in [0, 0.1) is 5.92 Å². The van der Waals surface area contributed by atoms with Gasteiger partial charge in [-0.15, -0.1) is 0 Å². The smallest absolute Gasteiger partial charge is 0.407 e. The van der Waals surface area contributed by atoms with Gasteiger partial charge in [-0.2, -0.15) is 0 Å². The summed E-state index contributed by atoms with van der Waals surface area (Å²) in [5.41, 5.74) is 0.104. The molecule has 0 unspecified atom stereocenters. The van der Waals surface area contributed by atoms with E-state index in [9.17, 15) is 14.7 Å². The van der Waals surface area contributed by atoms with Crippen molar-refractivity contribution in [2.75, 3.05) is 5.32 Å². The normalized spacial score (nSPS) is 20.9. The van der Waals surface area contributed by atoms with Crippen molar-refractivity contribution in [3.8, 4) is 0 Å². The zero-order valence-corrected chi connectivity index (χ0v) is 18.2. The van der Waals surface area contributed by atoms with Crippen molar-refractivity contribution in [1.82, 2.24) is 5.32 Å². The SMILES string of the molecule is C[C@H](Nc1cc(C(=O)O)cc(Cl)c1Cl)C1CCC(NC(=O)OC(C)(C)C)CC1. The molecule has 1 aromatic rings. The summed E-state index contributed by atoms with van der Waals surface area (Å²) in [7, 11) is 0. The second kappa shape index (κ2) is 9.23. The number of rotatable bonds is 5. The van der Waals surface area contributed by atoms with Gasteiger partial charge in [0.25, 0.3) is 0 Å². The standard InChI is InChI=1S/C20H28Cl2N2O4/c1-11(23-16-10-13(18(25)26)9-15(21)17(16)22)12-5-7-14(8-6-12)24-19(27)28-20(2,3)4/h9-12,14,23H,5-8H2,1-4H3,(H,24,27)(H,25,26)/t11-,12?,14?/m0/s1. The molecular formula is C20H28Cl2N2O4. The summed E-state index contributed by atoms with van der Waals surface area (Å²) >= 11 is 12.3. The highest BCUT2D eigenvalue weighted by Gasteiger charge is 2.28. The zero-order valence-electron chi connectivity index (χ0n) is 16.6. The molecule has 1 atom stereocenters. The van der Waals surface area contributed by atoms with Crippen LogP contribution < -0.4 is 10.6 Å². The molecule has 2 rings (SSSR count). The Morgan fingerprint density at radius 1 is 1.18 bits per heavy atom. The Morgan fingerprint density at radius 3 is 2.32 bits per heavy atom. The van der Waals surface area contributed by atoms with Crippen molar-refractivity contribution < 1.29 is 19.4 Å². The van der Waals surface area contributed by atoms with Gasteiger partial charge in [-0.1, -0.05) is 23.2 Å². The van der Waals surface area contributed by atoms with Crippen molar-refractivity contribution in [2.45, 2.75) is 71.1 Å². The third-order valence-electron chi connectivity index (χ3n) is 4.86. The van der Waals surface area contributed by atoms with Crippen molar-refractivity contribution in [3.05, 3.63) is 27.7 Å². The number of carboxylic acid groups (broad SMARTS) is 1. The van der Waals surface area contributed by atoms with Crippen LogP contribution in [0.5, 0.6) is 0 Å². The maximum absolute atomic E-state index is 11.9. The average Bonchev–Trinajstić information content (AvgIpc) is 2.57. The van der Waals surface area contributed by atoms with Gasteiger partial charge in [-0.3, -0.25) is 0 Å². The van der Waals surface area contributed by atoms with Crippen LogP contribution in [0.1, 0.15) is 63.7 Å². The van der Waals surface area contributed by atoms with Gasteiger partial charge in [-0.25, -0.2) is 9.59 Å². The molecule has 0 spiro atoms. The van der Waals surface area contributed by atoms with Crippen LogP contribution in [0.4, 0.5) is 10.5 Å². The van der Waals surface area contributed by atoms with Crippen LogP contribution in [0.2, 0.25) is 10.0 Å². The lowest BCUT2D eigenvalue weighted by Gasteiger charge is -2.34. The Kier molecular flexibility index (Phi) is 7.46. The topological polar surface area (TPSA) is 87.7 Å². The first-order valence-corrected chi connectivity index (χ1v) is 10.2. The number of carboxylic acids is 1. The Labute approximate surface area is 175 Å². The molecule has 1 saturated carbocycles. The minimum atomic E-state index is -1.05. The molecule has 3 N–H and O–H groups in total. The number of anilines is 1. The zero-order chi connectivity index (χ0) is 21.1. The number of hydrogen-bond donors (Lipinski definition) is 3. The van der Waals surface area contributed by atoms with E-state index in [2.05, 4.69) is 10.6 Å². The second-order valence-electron chi connectivity index (χ2n) is 8.32. The molecule has 0 saturated heterocycles. The maximum Gasteiger partial charge on any atom is 0.407 e. The van der Waals surface area contributed by atoms with E-state index in [0.717, 1.165) is 25.7 Å². The van der Waals surface area contributed by atoms with Crippen LogP contribution in [0.15, 0.2) is 12.1 Å². The second-order valence-corrected chi connectivity index (χ2v) is 9.10. The summed E-state index contributed by atoms with van der Waals surface area (Å²) in [5, 5.41) is 16.0. The molecule has 1 aliphatic rings. The molecule has 28 heavy (non-hydrogen) atoms. The number of carbonyl (C=O) groups is 2. The fraction of sp³-hybridized carbons (Fsp3) is 0.600. The number of ether oxygens (including phenoxy) is 1. The fourth-order valence-electron chi connectivity index (χ4n) is 3.42. The minimum Gasteiger partial charge on any atom is -0.478 e. The van der Waals surface area contributed by atoms with E-state index in [4.69, 9.17) is 27.9 Å². The highest BCUT2D eigenvalue weighted by atomic mass is 35.5. The lowest BCUT2D eigenvalue weighted by atomic mass is 9.82. The van der Waals surface area contributed by atoms with E-state index in [1.807, 2.05) is 27.7 Å². The third kappa shape index (κ3) is 6.45. The van der Waals surface area contributed by atoms with Crippen molar-refractivity contribution >= 4 is 41.0 Å². The Balaban J connectivity index is 1.91. The van der Waals surface area contributed by atoms with Gasteiger partial charge in [0.05, 0.1) is 21.3 Å². The number of benzene rings is 1. The first kappa shape index (κ1) is 22.6. The molecule has 1 aromatic carbocycles. The molecule has 6 nitrogen and oxygen atoms in total.